The number of halogens is 1. The number of benzene rings is 2. The van der Waals surface area contributed by atoms with Crippen LogP contribution in [0.15, 0.2) is 60.9 Å². The number of hydrogen-bond acceptors (Lipinski definition) is 4. The molecule has 2 aromatic carbocycles. The quantitative estimate of drug-likeness (QED) is 0.378. The molecule has 31 heavy (non-hydrogen) atoms. The molecule has 4 rings (SSSR count). The van der Waals surface area contributed by atoms with E-state index in [1.54, 1.807) is 24.3 Å². The molecule has 0 saturated heterocycles. The Balaban J connectivity index is 1.40. The second-order valence-electron chi connectivity index (χ2n) is 6.89. The van der Waals surface area contributed by atoms with E-state index in [2.05, 4.69) is 20.9 Å². The number of carbonyl (C=O) groups excluding carboxylic acids is 2. The van der Waals surface area contributed by atoms with Gasteiger partial charge in [0.15, 0.2) is 5.13 Å². The van der Waals surface area contributed by atoms with Gasteiger partial charge in [-0.3, -0.25) is 10.1 Å². The maximum Gasteiger partial charge on any atom is 0.321 e. The van der Waals surface area contributed by atoms with Gasteiger partial charge in [-0.2, -0.15) is 0 Å². The molecular formula is C22H20ClN5O2S. The number of anilines is 2. The minimum Gasteiger partial charge on any atom is -0.353 e. The summed E-state index contributed by atoms with van der Waals surface area (Å²) in [6, 6.07) is 14.2. The van der Waals surface area contributed by atoms with Crippen molar-refractivity contribution in [2.45, 2.75) is 13.5 Å². The van der Waals surface area contributed by atoms with Gasteiger partial charge in [-0.15, -0.1) is 0 Å². The van der Waals surface area contributed by atoms with Gasteiger partial charge in [0.2, 0.25) is 0 Å². The summed E-state index contributed by atoms with van der Waals surface area (Å²) < 4.78 is 2.78. The Hall–Kier alpha value is -3.36. The number of nitrogens with zero attached hydrogens (tertiary/aromatic N) is 2. The third-order valence-corrected chi connectivity index (χ3v) is 5.90. The SMILES string of the molecule is Cc1cccc(Cl)c1NC(=O)c1ccc2nc(NC(=O)NCCn3cccc3)sc2c1. The molecule has 2 aromatic heterocycles. The molecular weight excluding hydrogens is 434 g/mol. The van der Waals surface area contributed by atoms with Crippen LogP contribution in [0.3, 0.4) is 0 Å². The van der Waals surface area contributed by atoms with Crippen molar-refractivity contribution in [3.63, 3.8) is 0 Å². The van der Waals surface area contributed by atoms with Gasteiger partial charge in [-0.1, -0.05) is 35.1 Å². The molecule has 9 heteroatoms. The Morgan fingerprint density at radius 3 is 2.68 bits per heavy atom. The van der Waals surface area contributed by atoms with Crippen LogP contribution >= 0.6 is 22.9 Å². The predicted molar refractivity (Wildman–Crippen MR) is 125 cm³/mol. The van der Waals surface area contributed by atoms with Crippen LogP contribution in [0.5, 0.6) is 0 Å². The zero-order chi connectivity index (χ0) is 21.8. The zero-order valence-electron chi connectivity index (χ0n) is 16.7. The Morgan fingerprint density at radius 1 is 1.10 bits per heavy atom. The van der Waals surface area contributed by atoms with Crippen molar-refractivity contribution < 1.29 is 9.59 Å². The number of hydrogen-bond donors (Lipinski definition) is 3. The average molecular weight is 454 g/mol. The summed E-state index contributed by atoms with van der Waals surface area (Å²) in [6.07, 6.45) is 3.88. The van der Waals surface area contributed by atoms with Crippen LogP contribution in [0.1, 0.15) is 15.9 Å². The van der Waals surface area contributed by atoms with E-state index < -0.39 is 0 Å². The van der Waals surface area contributed by atoms with Crippen molar-refractivity contribution in [2.24, 2.45) is 0 Å². The Morgan fingerprint density at radius 2 is 1.90 bits per heavy atom. The Bertz CT molecular complexity index is 1220. The molecule has 0 aliphatic carbocycles. The molecule has 0 fully saturated rings. The lowest BCUT2D eigenvalue weighted by Crippen LogP contribution is -2.31. The number of thiazole rings is 1. The van der Waals surface area contributed by atoms with Crippen LogP contribution in [0, 0.1) is 6.92 Å². The smallest absolute Gasteiger partial charge is 0.321 e. The Labute approximate surface area is 188 Å². The summed E-state index contributed by atoms with van der Waals surface area (Å²) in [5, 5.41) is 9.36. The van der Waals surface area contributed by atoms with Crippen LogP contribution in [-0.4, -0.2) is 28.0 Å². The van der Waals surface area contributed by atoms with Crippen LogP contribution in [0.25, 0.3) is 10.2 Å². The zero-order valence-corrected chi connectivity index (χ0v) is 18.3. The van der Waals surface area contributed by atoms with E-state index in [-0.39, 0.29) is 11.9 Å². The standard InChI is InChI=1S/C22H20ClN5O2S/c1-14-5-4-6-16(23)19(14)26-20(29)15-7-8-17-18(13-15)31-22(25-17)27-21(30)24-9-12-28-10-2-3-11-28/h2-8,10-11,13H,9,12H2,1H3,(H,26,29)(H2,24,25,27,30). The molecule has 0 radical (unpaired) electrons. The van der Waals surface area contributed by atoms with E-state index in [9.17, 15) is 9.59 Å². The largest absolute Gasteiger partial charge is 0.353 e. The number of aromatic nitrogens is 2. The first-order valence-corrected chi connectivity index (χ1v) is 10.8. The first kappa shape index (κ1) is 20.9. The number of nitrogens with one attached hydrogen (secondary N) is 3. The lowest BCUT2D eigenvalue weighted by Gasteiger charge is -2.10. The van der Waals surface area contributed by atoms with Gasteiger partial charge in [-0.25, -0.2) is 9.78 Å². The summed E-state index contributed by atoms with van der Waals surface area (Å²) >= 11 is 7.51. The maximum absolute atomic E-state index is 12.7. The highest BCUT2D eigenvalue weighted by Gasteiger charge is 2.13. The number of aryl methyl sites for hydroxylation is 1. The minimum absolute atomic E-state index is 0.260. The average Bonchev–Trinajstić information content (AvgIpc) is 3.39. The van der Waals surface area contributed by atoms with Gasteiger partial charge in [0, 0.05) is 31.0 Å². The molecule has 2 heterocycles. The monoisotopic (exact) mass is 453 g/mol. The number of para-hydroxylation sites is 1. The summed E-state index contributed by atoms with van der Waals surface area (Å²) in [4.78, 5) is 29.2. The van der Waals surface area contributed by atoms with Crippen molar-refractivity contribution in [3.05, 3.63) is 77.1 Å². The molecule has 0 aliphatic heterocycles. The molecule has 4 aromatic rings. The van der Waals surface area contributed by atoms with Crippen molar-refractivity contribution in [1.82, 2.24) is 14.9 Å². The fraction of sp³-hybridized carbons (Fsp3) is 0.136. The van der Waals surface area contributed by atoms with Crippen LogP contribution in [0.4, 0.5) is 15.6 Å². The molecule has 0 unspecified atom stereocenters. The summed E-state index contributed by atoms with van der Waals surface area (Å²) in [7, 11) is 0. The molecule has 0 aliphatic rings. The predicted octanol–water partition coefficient (Wildman–Crippen LogP) is 5.13. The number of fused-ring (bicyclic) bond motifs is 1. The number of rotatable bonds is 6. The topological polar surface area (TPSA) is 88.1 Å². The van der Waals surface area contributed by atoms with Crippen molar-refractivity contribution in [2.75, 3.05) is 17.2 Å². The number of amides is 3. The summed E-state index contributed by atoms with van der Waals surface area (Å²) in [5.74, 6) is -0.260. The highest BCUT2D eigenvalue weighted by molar-refractivity contribution is 7.22. The van der Waals surface area contributed by atoms with E-state index in [1.807, 2.05) is 48.1 Å². The first-order valence-electron chi connectivity index (χ1n) is 9.62. The highest BCUT2D eigenvalue weighted by Crippen LogP contribution is 2.29. The van der Waals surface area contributed by atoms with E-state index in [0.29, 0.717) is 40.0 Å². The normalized spacial score (nSPS) is 10.8. The fourth-order valence-corrected chi connectivity index (χ4v) is 4.22. The van der Waals surface area contributed by atoms with Gasteiger partial charge < -0.3 is 15.2 Å². The third-order valence-electron chi connectivity index (χ3n) is 4.65. The highest BCUT2D eigenvalue weighted by atomic mass is 35.5. The molecule has 0 saturated carbocycles. The molecule has 0 spiro atoms. The van der Waals surface area contributed by atoms with Gasteiger partial charge in [0.05, 0.1) is 20.9 Å². The van der Waals surface area contributed by atoms with E-state index >= 15 is 0 Å². The van der Waals surface area contributed by atoms with E-state index in [0.717, 1.165) is 10.3 Å². The second kappa shape index (κ2) is 9.20. The molecule has 158 valence electrons. The van der Waals surface area contributed by atoms with Gasteiger partial charge in [0.1, 0.15) is 0 Å². The van der Waals surface area contributed by atoms with Crippen molar-refractivity contribution >= 4 is 55.9 Å². The van der Waals surface area contributed by atoms with Crippen LogP contribution < -0.4 is 16.0 Å². The van der Waals surface area contributed by atoms with Gasteiger partial charge >= 0.3 is 6.03 Å². The molecule has 0 atom stereocenters. The number of carbonyl (C=O) groups is 2. The molecule has 3 amide bonds. The van der Waals surface area contributed by atoms with Crippen molar-refractivity contribution in [1.29, 1.82) is 0 Å². The van der Waals surface area contributed by atoms with Crippen LogP contribution in [0.2, 0.25) is 5.02 Å². The summed E-state index contributed by atoms with van der Waals surface area (Å²) in [5.41, 5.74) is 2.67. The van der Waals surface area contributed by atoms with Crippen LogP contribution in [-0.2, 0) is 6.54 Å². The molecule has 3 N–H and O–H groups in total. The Kier molecular flexibility index (Phi) is 6.20. The lowest BCUT2D eigenvalue weighted by atomic mass is 10.1. The van der Waals surface area contributed by atoms with Gasteiger partial charge in [0.25, 0.3) is 5.91 Å². The molecule has 7 nitrogen and oxygen atoms in total. The lowest BCUT2D eigenvalue weighted by molar-refractivity contribution is 0.102. The maximum atomic E-state index is 12.7. The fourth-order valence-electron chi connectivity index (χ4n) is 3.05. The van der Waals surface area contributed by atoms with Crippen molar-refractivity contribution in [3.8, 4) is 0 Å². The summed E-state index contributed by atoms with van der Waals surface area (Å²) in [6.45, 7) is 3.07. The first-order chi connectivity index (χ1) is 15.0. The number of urea groups is 1. The molecule has 0 bridgehead atoms. The third kappa shape index (κ3) is 5.04. The van der Waals surface area contributed by atoms with E-state index in [1.165, 1.54) is 11.3 Å². The van der Waals surface area contributed by atoms with E-state index in [4.69, 9.17) is 11.6 Å². The minimum atomic E-state index is -0.321. The van der Waals surface area contributed by atoms with Gasteiger partial charge in [-0.05, 0) is 48.9 Å². The second-order valence-corrected chi connectivity index (χ2v) is 8.33.